The predicted octanol–water partition coefficient (Wildman–Crippen LogP) is 2.86. The van der Waals surface area contributed by atoms with E-state index < -0.39 is 11.9 Å². The van der Waals surface area contributed by atoms with Crippen LogP contribution in [0.25, 0.3) is 21.8 Å². The van der Waals surface area contributed by atoms with Crippen LogP contribution in [0.2, 0.25) is 0 Å². The van der Waals surface area contributed by atoms with Gasteiger partial charge in [0.1, 0.15) is 5.75 Å². The van der Waals surface area contributed by atoms with Crippen molar-refractivity contribution in [2.24, 2.45) is 0 Å². The Morgan fingerprint density at radius 2 is 1.96 bits per heavy atom. The maximum Gasteiger partial charge on any atom is 0.396 e. The zero-order valence-electron chi connectivity index (χ0n) is 15.1. The summed E-state index contributed by atoms with van der Waals surface area (Å²) in [5.41, 5.74) is 4.36. The van der Waals surface area contributed by atoms with Crippen LogP contribution >= 0.6 is 0 Å². The number of carbonyl (C=O) groups excluding carboxylic acids is 2. The molecule has 0 aliphatic heterocycles. The molecule has 0 bridgehead atoms. The molecule has 3 aromatic rings. The predicted molar refractivity (Wildman–Crippen MR) is 100 cm³/mol. The van der Waals surface area contributed by atoms with Crippen molar-refractivity contribution >= 4 is 33.7 Å². The lowest BCUT2D eigenvalue weighted by molar-refractivity contribution is -0.154. The molecule has 136 valence electrons. The fourth-order valence-electron chi connectivity index (χ4n) is 3.11. The van der Waals surface area contributed by atoms with Gasteiger partial charge in [-0.05, 0) is 49.6 Å². The molecule has 2 aromatic carbocycles. The third-order valence-electron chi connectivity index (χ3n) is 4.49. The maximum atomic E-state index is 11.6. The van der Waals surface area contributed by atoms with E-state index in [1.807, 2.05) is 18.2 Å². The molecular weight excluding hydrogens is 332 g/mol. The second kappa shape index (κ2) is 7.47. The number of H-pyrrole nitrogens is 1. The second-order valence-corrected chi connectivity index (χ2v) is 6.04. The van der Waals surface area contributed by atoms with Gasteiger partial charge in [0, 0.05) is 28.4 Å². The van der Waals surface area contributed by atoms with Crippen LogP contribution < -0.4 is 10.1 Å². The van der Waals surface area contributed by atoms with Crippen molar-refractivity contribution in [1.82, 2.24) is 10.3 Å². The molecular formula is C20H22N2O4. The number of nitrogens with one attached hydrogen (secondary N) is 2. The maximum absolute atomic E-state index is 11.6. The summed E-state index contributed by atoms with van der Waals surface area (Å²) < 4.78 is 9.99. The molecule has 0 saturated carbocycles. The number of aromatic nitrogens is 1. The summed E-state index contributed by atoms with van der Waals surface area (Å²) in [6, 6.07) is 10.1. The molecule has 0 radical (unpaired) electrons. The third-order valence-corrected chi connectivity index (χ3v) is 4.49. The summed E-state index contributed by atoms with van der Waals surface area (Å²) >= 11 is 0. The number of esters is 1. The number of hydrogen-bond acceptors (Lipinski definition) is 4. The minimum atomic E-state index is -0.843. The first-order valence-corrected chi connectivity index (χ1v) is 8.58. The molecule has 1 aromatic heterocycles. The number of benzene rings is 2. The smallest absolute Gasteiger partial charge is 0.396 e. The van der Waals surface area contributed by atoms with Gasteiger partial charge in [-0.3, -0.25) is 4.79 Å². The Labute approximate surface area is 151 Å². The lowest BCUT2D eigenvalue weighted by Crippen LogP contribution is -2.33. The number of ether oxygens (including phenoxy) is 2. The normalized spacial score (nSPS) is 10.9. The Kier molecular flexibility index (Phi) is 5.11. The number of hydrogen-bond donors (Lipinski definition) is 2. The largest absolute Gasteiger partial charge is 0.497 e. The fourth-order valence-corrected chi connectivity index (χ4v) is 3.11. The van der Waals surface area contributed by atoms with Crippen LogP contribution in [0.1, 0.15) is 18.1 Å². The highest BCUT2D eigenvalue weighted by molar-refractivity contribution is 6.32. The zero-order valence-corrected chi connectivity index (χ0v) is 15.1. The first-order chi connectivity index (χ1) is 12.5. The van der Waals surface area contributed by atoms with Gasteiger partial charge in [0.25, 0.3) is 0 Å². The molecule has 0 fully saturated rings. The van der Waals surface area contributed by atoms with Crippen molar-refractivity contribution in [2.75, 3.05) is 20.3 Å². The molecule has 2 N–H and O–H groups in total. The minimum Gasteiger partial charge on any atom is -0.497 e. The number of rotatable bonds is 5. The van der Waals surface area contributed by atoms with Crippen LogP contribution in [0, 0.1) is 6.92 Å². The van der Waals surface area contributed by atoms with Crippen molar-refractivity contribution < 1.29 is 19.1 Å². The quantitative estimate of drug-likeness (QED) is 0.545. The molecule has 6 heteroatoms. The van der Waals surface area contributed by atoms with Crippen LogP contribution in [-0.4, -0.2) is 37.1 Å². The Bertz CT molecular complexity index is 975. The number of methoxy groups -OCH3 is 1. The molecule has 26 heavy (non-hydrogen) atoms. The summed E-state index contributed by atoms with van der Waals surface area (Å²) in [6.07, 6.45) is 0.631. The van der Waals surface area contributed by atoms with Crippen molar-refractivity contribution in [3.05, 3.63) is 41.5 Å². The topological polar surface area (TPSA) is 80.4 Å². The summed E-state index contributed by atoms with van der Waals surface area (Å²) in [5, 5.41) is 4.84. The second-order valence-electron chi connectivity index (χ2n) is 6.04. The van der Waals surface area contributed by atoms with E-state index in [1.165, 1.54) is 0 Å². The van der Waals surface area contributed by atoms with Crippen LogP contribution in [0.5, 0.6) is 5.75 Å². The summed E-state index contributed by atoms with van der Waals surface area (Å²) in [6.45, 7) is 4.28. The van der Waals surface area contributed by atoms with Crippen molar-refractivity contribution in [2.45, 2.75) is 20.3 Å². The first kappa shape index (κ1) is 17.8. The summed E-state index contributed by atoms with van der Waals surface area (Å²) in [7, 11) is 1.66. The van der Waals surface area contributed by atoms with E-state index >= 15 is 0 Å². The standard InChI is InChI=1S/C20H22N2O4/c1-4-26-20(24)19(23)21-10-9-13-5-7-15-16-11-14(25-3)6-8-17(16)22-18(15)12(13)2/h5-8,11,22H,4,9-10H2,1-3H3,(H,21,23). The Balaban J connectivity index is 1.80. The van der Waals surface area contributed by atoms with Crippen LogP contribution in [0.4, 0.5) is 0 Å². The summed E-state index contributed by atoms with van der Waals surface area (Å²) in [5.74, 6) is -0.727. The molecule has 3 rings (SSSR count). The third kappa shape index (κ3) is 3.35. The fraction of sp³-hybridized carbons (Fsp3) is 0.300. The SMILES string of the molecule is CCOC(=O)C(=O)NCCc1ccc2c([nH]c3ccc(OC)cc32)c1C. The molecule has 1 amide bonds. The number of fused-ring (bicyclic) bond motifs is 3. The van der Waals surface area contributed by atoms with Gasteiger partial charge in [-0.25, -0.2) is 4.79 Å². The van der Waals surface area contributed by atoms with Gasteiger partial charge in [0.15, 0.2) is 0 Å². The van der Waals surface area contributed by atoms with Crippen molar-refractivity contribution in [1.29, 1.82) is 0 Å². The van der Waals surface area contributed by atoms with Gasteiger partial charge in [-0.2, -0.15) is 0 Å². The van der Waals surface area contributed by atoms with Crippen LogP contribution in [-0.2, 0) is 20.7 Å². The van der Waals surface area contributed by atoms with E-state index in [2.05, 4.69) is 34.1 Å². The van der Waals surface area contributed by atoms with E-state index in [0.29, 0.717) is 13.0 Å². The van der Waals surface area contributed by atoms with Gasteiger partial charge >= 0.3 is 11.9 Å². The highest BCUT2D eigenvalue weighted by atomic mass is 16.5. The minimum absolute atomic E-state index is 0.188. The van der Waals surface area contributed by atoms with E-state index in [0.717, 1.165) is 38.7 Å². The van der Waals surface area contributed by atoms with Gasteiger partial charge in [-0.15, -0.1) is 0 Å². The molecule has 0 unspecified atom stereocenters. The van der Waals surface area contributed by atoms with Gasteiger partial charge in [-0.1, -0.05) is 12.1 Å². The first-order valence-electron chi connectivity index (χ1n) is 8.58. The Morgan fingerprint density at radius 3 is 2.69 bits per heavy atom. The Hall–Kier alpha value is -3.02. The van der Waals surface area contributed by atoms with E-state index in [1.54, 1.807) is 14.0 Å². The number of aryl methyl sites for hydroxylation is 1. The number of aromatic amines is 1. The van der Waals surface area contributed by atoms with Gasteiger partial charge in [0.05, 0.1) is 13.7 Å². The number of carbonyl (C=O) groups is 2. The van der Waals surface area contributed by atoms with E-state index in [-0.39, 0.29) is 6.61 Å². The monoisotopic (exact) mass is 354 g/mol. The zero-order chi connectivity index (χ0) is 18.7. The highest BCUT2D eigenvalue weighted by Gasteiger charge is 2.14. The van der Waals surface area contributed by atoms with Crippen molar-refractivity contribution in [3.63, 3.8) is 0 Å². The molecule has 6 nitrogen and oxygen atoms in total. The molecule has 0 atom stereocenters. The Morgan fingerprint density at radius 1 is 1.15 bits per heavy atom. The highest BCUT2D eigenvalue weighted by Crippen LogP contribution is 2.31. The van der Waals surface area contributed by atoms with Crippen LogP contribution in [0.15, 0.2) is 30.3 Å². The van der Waals surface area contributed by atoms with Gasteiger partial charge in [0.2, 0.25) is 0 Å². The van der Waals surface area contributed by atoms with E-state index in [9.17, 15) is 9.59 Å². The van der Waals surface area contributed by atoms with E-state index in [4.69, 9.17) is 4.74 Å². The molecule has 0 aliphatic carbocycles. The van der Waals surface area contributed by atoms with Crippen LogP contribution in [0.3, 0.4) is 0 Å². The average Bonchev–Trinajstić information content (AvgIpc) is 3.02. The lowest BCUT2D eigenvalue weighted by Gasteiger charge is -2.08. The molecule has 0 saturated heterocycles. The van der Waals surface area contributed by atoms with Gasteiger partial charge < -0.3 is 19.8 Å². The molecule has 1 heterocycles. The average molecular weight is 354 g/mol. The molecule has 0 aliphatic rings. The number of amides is 1. The lowest BCUT2D eigenvalue weighted by atomic mass is 10.0. The summed E-state index contributed by atoms with van der Waals surface area (Å²) in [4.78, 5) is 26.4. The molecule has 0 spiro atoms. The van der Waals surface area contributed by atoms with Crippen molar-refractivity contribution in [3.8, 4) is 5.75 Å².